The largest absolute Gasteiger partial charge is 0.484 e. The van der Waals surface area contributed by atoms with Crippen LogP contribution in [0.3, 0.4) is 0 Å². The summed E-state index contributed by atoms with van der Waals surface area (Å²) in [6.07, 6.45) is 2.74. The third-order valence-electron chi connectivity index (χ3n) is 3.35. The lowest BCUT2D eigenvalue weighted by atomic mass is 10.2. The number of rotatable bonds is 5. The fourth-order valence-corrected chi connectivity index (χ4v) is 2.35. The van der Waals surface area contributed by atoms with Gasteiger partial charge in [0.1, 0.15) is 11.6 Å². The second-order valence-electron chi connectivity index (χ2n) is 5.58. The van der Waals surface area contributed by atoms with E-state index in [-0.39, 0.29) is 17.5 Å². The van der Waals surface area contributed by atoms with Gasteiger partial charge < -0.3 is 4.74 Å². The highest BCUT2D eigenvalue weighted by Crippen LogP contribution is 2.21. The number of hydrazine groups is 1. The molecule has 9 heteroatoms. The van der Waals surface area contributed by atoms with Crippen molar-refractivity contribution in [3.05, 3.63) is 70.0 Å². The molecule has 0 aliphatic carbocycles. The van der Waals surface area contributed by atoms with Crippen LogP contribution in [0.4, 0.5) is 4.39 Å². The first kappa shape index (κ1) is 21.5. The summed E-state index contributed by atoms with van der Waals surface area (Å²) in [6, 6.07) is 11.0. The highest BCUT2D eigenvalue weighted by molar-refractivity contribution is 9.10. The Morgan fingerprint density at radius 1 is 1.18 bits per heavy atom. The van der Waals surface area contributed by atoms with E-state index in [4.69, 9.17) is 17.0 Å². The van der Waals surface area contributed by atoms with Crippen molar-refractivity contribution in [2.75, 3.05) is 6.61 Å². The molecule has 0 unspecified atom stereocenters. The Morgan fingerprint density at radius 2 is 1.89 bits per heavy atom. The maximum atomic E-state index is 12.8. The van der Waals surface area contributed by atoms with Gasteiger partial charge in [-0.05, 0) is 66.7 Å². The third-order valence-corrected chi connectivity index (χ3v) is 4.44. The molecule has 2 amide bonds. The normalized spacial score (nSPS) is 10.4. The van der Waals surface area contributed by atoms with Gasteiger partial charge in [-0.15, -0.1) is 0 Å². The van der Waals surface area contributed by atoms with Crippen LogP contribution in [-0.4, -0.2) is 23.5 Å². The summed E-state index contributed by atoms with van der Waals surface area (Å²) >= 11 is 8.30. The molecule has 0 atom stereocenters. The highest BCUT2D eigenvalue weighted by Gasteiger charge is 2.06. The Labute approximate surface area is 175 Å². The standard InChI is InChI=1S/C19H17BrFN3O3S/c1-12-10-15(7-8-16(12)20)27-11-18(26)23-24-19(28)22-17(25)9-4-13-2-5-14(21)6-3-13/h2-10H,11H2,1H3,(H,23,26)(H2,22,24,25,28). The molecule has 0 bridgehead atoms. The van der Waals surface area contributed by atoms with E-state index in [9.17, 15) is 14.0 Å². The van der Waals surface area contributed by atoms with Crippen molar-refractivity contribution in [1.29, 1.82) is 0 Å². The third kappa shape index (κ3) is 7.45. The summed E-state index contributed by atoms with van der Waals surface area (Å²) in [4.78, 5) is 23.5. The lowest BCUT2D eigenvalue weighted by Gasteiger charge is -2.11. The van der Waals surface area contributed by atoms with Crippen LogP contribution < -0.4 is 20.9 Å². The molecule has 0 spiro atoms. The van der Waals surface area contributed by atoms with Crippen LogP contribution in [0.25, 0.3) is 6.08 Å². The zero-order valence-corrected chi connectivity index (χ0v) is 17.2. The molecule has 2 aromatic rings. The van der Waals surface area contributed by atoms with Gasteiger partial charge in [-0.1, -0.05) is 28.1 Å². The fourth-order valence-electron chi connectivity index (χ4n) is 1.95. The Bertz CT molecular complexity index is 904. The smallest absolute Gasteiger partial charge is 0.276 e. The number of halogens is 2. The van der Waals surface area contributed by atoms with Crippen molar-refractivity contribution in [2.45, 2.75) is 6.92 Å². The van der Waals surface area contributed by atoms with Crippen LogP contribution >= 0.6 is 28.1 Å². The first-order chi connectivity index (χ1) is 13.3. The van der Waals surface area contributed by atoms with E-state index < -0.39 is 11.8 Å². The predicted octanol–water partition coefficient (Wildman–Crippen LogP) is 3.01. The van der Waals surface area contributed by atoms with Crippen LogP contribution in [0.15, 0.2) is 53.0 Å². The molecule has 0 fully saturated rings. The average molecular weight is 466 g/mol. The van der Waals surface area contributed by atoms with Gasteiger partial charge in [0.15, 0.2) is 11.7 Å². The maximum absolute atomic E-state index is 12.8. The number of hydrogen-bond acceptors (Lipinski definition) is 4. The minimum atomic E-state index is -0.502. The highest BCUT2D eigenvalue weighted by atomic mass is 79.9. The van der Waals surface area contributed by atoms with E-state index in [0.717, 1.165) is 10.0 Å². The minimum Gasteiger partial charge on any atom is -0.484 e. The molecular weight excluding hydrogens is 449 g/mol. The number of carbonyl (C=O) groups excluding carboxylic acids is 2. The molecule has 28 heavy (non-hydrogen) atoms. The topological polar surface area (TPSA) is 79.5 Å². The number of ether oxygens (including phenoxy) is 1. The van der Waals surface area contributed by atoms with Gasteiger partial charge in [-0.2, -0.15) is 0 Å². The van der Waals surface area contributed by atoms with Crippen LogP contribution in [-0.2, 0) is 9.59 Å². The Morgan fingerprint density at radius 3 is 2.57 bits per heavy atom. The maximum Gasteiger partial charge on any atom is 0.276 e. The molecule has 146 valence electrons. The van der Waals surface area contributed by atoms with Gasteiger partial charge in [-0.25, -0.2) is 4.39 Å². The van der Waals surface area contributed by atoms with Gasteiger partial charge in [0.2, 0.25) is 5.91 Å². The van der Waals surface area contributed by atoms with E-state index >= 15 is 0 Å². The summed E-state index contributed by atoms with van der Waals surface area (Å²) in [5.74, 6) is -0.781. The van der Waals surface area contributed by atoms with Crippen LogP contribution in [0.1, 0.15) is 11.1 Å². The first-order valence-corrected chi connectivity index (χ1v) is 9.26. The summed E-state index contributed by atoms with van der Waals surface area (Å²) in [5.41, 5.74) is 6.36. The summed E-state index contributed by atoms with van der Waals surface area (Å²) < 4.78 is 19.1. The van der Waals surface area contributed by atoms with Crippen LogP contribution in [0.2, 0.25) is 0 Å². The number of amides is 2. The van der Waals surface area contributed by atoms with Gasteiger partial charge in [0.25, 0.3) is 5.91 Å². The fraction of sp³-hybridized carbons (Fsp3) is 0.105. The summed E-state index contributed by atoms with van der Waals surface area (Å²) in [7, 11) is 0. The van der Waals surface area contributed by atoms with Crippen molar-refractivity contribution in [3.8, 4) is 5.75 Å². The second-order valence-corrected chi connectivity index (χ2v) is 6.84. The Kier molecular flexibility index (Phi) is 8.09. The Balaban J connectivity index is 1.70. The number of aryl methyl sites for hydroxylation is 1. The summed E-state index contributed by atoms with van der Waals surface area (Å²) in [6.45, 7) is 1.68. The summed E-state index contributed by atoms with van der Waals surface area (Å²) in [5, 5.41) is 2.28. The molecule has 0 heterocycles. The van der Waals surface area contributed by atoms with E-state index in [2.05, 4.69) is 32.1 Å². The number of thiocarbonyl (C=S) groups is 1. The van der Waals surface area contributed by atoms with E-state index in [1.165, 1.54) is 36.4 Å². The van der Waals surface area contributed by atoms with E-state index in [0.29, 0.717) is 11.3 Å². The van der Waals surface area contributed by atoms with Crippen molar-refractivity contribution >= 4 is 51.2 Å². The zero-order valence-electron chi connectivity index (χ0n) is 14.8. The zero-order chi connectivity index (χ0) is 20.5. The van der Waals surface area contributed by atoms with Crippen molar-refractivity contribution < 1.29 is 18.7 Å². The minimum absolute atomic E-state index is 0.0819. The molecule has 6 nitrogen and oxygen atoms in total. The monoisotopic (exact) mass is 465 g/mol. The molecular formula is C19H17BrFN3O3S. The van der Waals surface area contributed by atoms with E-state index in [1.54, 1.807) is 12.1 Å². The number of nitrogens with one attached hydrogen (secondary N) is 3. The number of carbonyl (C=O) groups is 2. The van der Waals surface area contributed by atoms with Crippen molar-refractivity contribution in [1.82, 2.24) is 16.2 Å². The number of hydrogen-bond donors (Lipinski definition) is 3. The van der Waals surface area contributed by atoms with Gasteiger partial charge in [0.05, 0.1) is 0 Å². The van der Waals surface area contributed by atoms with Crippen LogP contribution in [0.5, 0.6) is 5.75 Å². The molecule has 2 rings (SSSR count). The van der Waals surface area contributed by atoms with Gasteiger partial charge in [0, 0.05) is 10.5 Å². The molecule has 2 aromatic carbocycles. The van der Waals surface area contributed by atoms with Crippen molar-refractivity contribution in [3.63, 3.8) is 0 Å². The average Bonchev–Trinajstić information content (AvgIpc) is 2.67. The molecule has 0 aliphatic rings. The van der Waals surface area contributed by atoms with Crippen LogP contribution in [0, 0.1) is 12.7 Å². The molecule has 0 saturated carbocycles. The molecule has 0 saturated heterocycles. The second kappa shape index (κ2) is 10.5. The molecule has 0 aromatic heterocycles. The van der Waals surface area contributed by atoms with Crippen molar-refractivity contribution in [2.24, 2.45) is 0 Å². The quantitative estimate of drug-likeness (QED) is 0.359. The first-order valence-electron chi connectivity index (χ1n) is 8.06. The van der Waals surface area contributed by atoms with Gasteiger partial charge >= 0.3 is 0 Å². The lowest BCUT2D eigenvalue weighted by molar-refractivity contribution is -0.123. The SMILES string of the molecule is Cc1cc(OCC(=O)NNC(=S)NC(=O)C=Cc2ccc(F)cc2)ccc1Br. The Hall–Kier alpha value is -2.78. The molecule has 0 radical (unpaired) electrons. The van der Waals surface area contributed by atoms with E-state index in [1.807, 2.05) is 13.0 Å². The van der Waals surface area contributed by atoms with Gasteiger partial charge in [-0.3, -0.25) is 25.8 Å². The molecule has 3 N–H and O–H groups in total. The molecule has 0 aliphatic heterocycles. The lowest BCUT2D eigenvalue weighted by Crippen LogP contribution is -2.49. The number of benzene rings is 2. The predicted molar refractivity (Wildman–Crippen MR) is 112 cm³/mol.